The summed E-state index contributed by atoms with van der Waals surface area (Å²) in [5.41, 5.74) is -0.126. The standard InChI is InChI=1S/C13H19NO2S/c1-8(2)17-9(6-14)5-10-12(11(16)7-15)13(10,3)4/h5,8,10,12,15H,7H2,1-4H3/b9-5+/t10-,12+/m1/s1. The lowest BCUT2D eigenvalue weighted by Gasteiger charge is -2.02. The summed E-state index contributed by atoms with van der Waals surface area (Å²) in [6.07, 6.45) is 1.89. The molecular weight excluding hydrogens is 234 g/mol. The van der Waals surface area contributed by atoms with Gasteiger partial charge in [-0.3, -0.25) is 4.79 Å². The zero-order valence-electron chi connectivity index (χ0n) is 10.7. The van der Waals surface area contributed by atoms with Crippen molar-refractivity contribution in [3.05, 3.63) is 11.0 Å². The van der Waals surface area contributed by atoms with E-state index < -0.39 is 6.61 Å². The summed E-state index contributed by atoms with van der Waals surface area (Å²) in [7, 11) is 0. The van der Waals surface area contributed by atoms with Gasteiger partial charge < -0.3 is 5.11 Å². The maximum atomic E-state index is 11.5. The third-order valence-corrected chi connectivity index (χ3v) is 4.17. The van der Waals surface area contributed by atoms with Crippen molar-refractivity contribution in [3.63, 3.8) is 0 Å². The van der Waals surface area contributed by atoms with Crippen LogP contribution in [0.4, 0.5) is 0 Å². The van der Waals surface area contributed by atoms with E-state index in [1.54, 1.807) is 0 Å². The molecule has 0 unspecified atom stereocenters. The summed E-state index contributed by atoms with van der Waals surface area (Å²) in [4.78, 5) is 12.2. The number of allylic oxidation sites excluding steroid dienone is 2. The number of carbonyl (C=O) groups excluding carboxylic acids is 1. The van der Waals surface area contributed by atoms with Crippen molar-refractivity contribution in [2.75, 3.05) is 6.61 Å². The van der Waals surface area contributed by atoms with Crippen molar-refractivity contribution in [2.45, 2.75) is 32.9 Å². The Bertz CT molecular complexity index is 379. The molecule has 0 aromatic heterocycles. The number of Topliss-reactive ketones (excluding diaryl/α,β-unsaturated/α-hetero) is 1. The first kappa shape index (κ1) is 14.3. The zero-order valence-corrected chi connectivity index (χ0v) is 11.5. The topological polar surface area (TPSA) is 61.1 Å². The first-order valence-corrected chi connectivity index (χ1v) is 6.64. The first-order valence-electron chi connectivity index (χ1n) is 5.76. The summed E-state index contributed by atoms with van der Waals surface area (Å²) in [6, 6.07) is 2.17. The third kappa shape index (κ3) is 3.11. The predicted molar refractivity (Wildman–Crippen MR) is 69.3 cm³/mol. The van der Waals surface area contributed by atoms with E-state index in [1.165, 1.54) is 11.8 Å². The lowest BCUT2D eigenvalue weighted by molar-refractivity contribution is -0.123. The van der Waals surface area contributed by atoms with Crippen molar-refractivity contribution < 1.29 is 9.90 Å². The minimum absolute atomic E-state index is 0.0862. The maximum absolute atomic E-state index is 11.5. The number of hydrogen-bond acceptors (Lipinski definition) is 4. The molecule has 0 bridgehead atoms. The second kappa shape index (κ2) is 5.24. The second-order valence-corrected chi connectivity index (χ2v) is 6.88. The largest absolute Gasteiger partial charge is 0.389 e. The van der Waals surface area contributed by atoms with Gasteiger partial charge in [0, 0.05) is 11.2 Å². The Balaban J connectivity index is 2.79. The molecule has 1 fully saturated rings. The molecule has 2 atom stereocenters. The second-order valence-electron chi connectivity index (χ2n) is 5.26. The minimum atomic E-state index is -0.405. The Morgan fingerprint density at radius 3 is 2.59 bits per heavy atom. The highest BCUT2D eigenvalue weighted by Gasteiger charge is 2.59. The number of hydrogen-bond donors (Lipinski definition) is 1. The van der Waals surface area contributed by atoms with Crippen LogP contribution in [-0.2, 0) is 4.79 Å². The monoisotopic (exact) mass is 253 g/mol. The van der Waals surface area contributed by atoms with E-state index in [2.05, 4.69) is 6.07 Å². The van der Waals surface area contributed by atoms with Crippen LogP contribution in [-0.4, -0.2) is 22.7 Å². The number of rotatable bonds is 5. The van der Waals surface area contributed by atoms with Crippen molar-refractivity contribution in [3.8, 4) is 6.07 Å². The first-order chi connectivity index (χ1) is 7.84. The minimum Gasteiger partial charge on any atom is -0.389 e. The van der Waals surface area contributed by atoms with Crippen LogP contribution in [0.25, 0.3) is 0 Å². The van der Waals surface area contributed by atoms with E-state index in [-0.39, 0.29) is 23.0 Å². The molecule has 0 saturated heterocycles. The van der Waals surface area contributed by atoms with E-state index in [0.717, 1.165) is 0 Å². The van der Waals surface area contributed by atoms with Crippen molar-refractivity contribution >= 4 is 17.5 Å². The number of ketones is 1. The number of nitriles is 1. The average Bonchev–Trinajstić information content (AvgIpc) is 2.77. The van der Waals surface area contributed by atoms with Crippen LogP contribution < -0.4 is 0 Å². The molecule has 0 radical (unpaired) electrons. The summed E-state index contributed by atoms with van der Waals surface area (Å²) in [6.45, 7) is 7.66. The zero-order chi connectivity index (χ0) is 13.2. The lowest BCUT2D eigenvalue weighted by atomic mass is 10.1. The van der Waals surface area contributed by atoms with Gasteiger partial charge in [-0.1, -0.05) is 33.8 Å². The summed E-state index contributed by atoms with van der Waals surface area (Å²) < 4.78 is 0. The molecule has 17 heavy (non-hydrogen) atoms. The van der Waals surface area contributed by atoms with Crippen LogP contribution in [0.3, 0.4) is 0 Å². The predicted octanol–water partition coefficient (Wildman–Crippen LogP) is 2.37. The molecular formula is C13H19NO2S. The van der Waals surface area contributed by atoms with Crippen molar-refractivity contribution in [2.24, 2.45) is 17.3 Å². The normalized spacial score (nSPS) is 26.8. The number of aliphatic hydroxyl groups is 1. The van der Waals surface area contributed by atoms with E-state index in [9.17, 15) is 4.79 Å². The average molecular weight is 253 g/mol. The number of aliphatic hydroxyl groups excluding tert-OH is 1. The van der Waals surface area contributed by atoms with E-state index in [1.807, 2.05) is 33.8 Å². The number of carbonyl (C=O) groups is 1. The molecule has 1 N–H and O–H groups in total. The van der Waals surface area contributed by atoms with E-state index in [4.69, 9.17) is 10.4 Å². The molecule has 0 aliphatic heterocycles. The van der Waals surface area contributed by atoms with Gasteiger partial charge in [0.05, 0.1) is 4.91 Å². The molecule has 1 saturated carbocycles. The highest BCUT2D eigenvalue weighted by atomic mass is 32.2. The van der Waals surface area contributed by atoms with Crippen LogP contribution in [0.5, 0.6) is 0 Å². The highest BCUT2D eigenvalue weighted by molar-refractivity contribution is 8.03. The van der Waals surface area contributed by atoms with Crippen LogP contribution in [0.1, 0.15) is 27.7 Å². The van der Waals surface area contributed by atoms with Crippen LogP contribution >= 0.6 is 11.8 Å². The summed E-state index contributed by atoms with van der Waals surface area (Å²) in [5.74, 6) is -0.172. The van der Waals surface area contributed by atoms with Crippen LogP contribution in [0, 0.1) is 28.6 Å². The van der Waals surface area contributed by atoms with Crippen molar-refractivity contribution in [1.29, 1.82) is 5.26 Å². The molecule has 1 rings (SSSR count). The number of nitrogens with zero attached hydrogens (tertiary/aromatic N) is 1. The Morgan fingerprint density at radius 1 is 1.59 bits per heavy atom. The summed E-state index contributed by atoms with van der Waals surface area (Å²) in [5, 5.41) is 18.3. The quantitative estimate of drug-likeness (QED) is 0.764. The van der Waals surface area contributed by atoms with Gasteiger partial charge >= 0.3 is 0 Å². The van der Waals surface area contributed by atoms with Crippen molar-refractivity contribution in [1.82, 2.24) is 0 Å². The molecule has 3 nitrogen and oxygen atoms in total. The fraction of sp³-hybridized carbons (Fsp3) is 0.692. The lowest BCUT2D eigenvalue weighted by Crippen LogP contribution is -2.10. The van der Waals surface area contributed by atoms with Gasteiger partial charge in [0.25, 0.3) is 0 Å². The third-order valence-electron chi connectivity index (χ3n) is 3.22. The van der Waals surface area contributed by atoms with Crippen LogP contribution in [0.15, 0.2) is 11.0 Å². The van der Waals surface area contributed by atoms with Gasteiger partial charge in [-0.05, 0) is 11.3 Å². The van der Waals surface area contributed by atoms with Gasteiger partial charge in [-0.25, -0.2) is 0 Å². The number of thioether (sulfide) groups is 1. The molecule has 0 aromatic rings. The Kier molecular flexibility index (Phi) is 4.40. The SMILES string of the molecule is CC(C)S/C(C#N)=C/[C@@H]1[C@@H](C(=O)CO)C1(C)C. The molecule has 1 aliphatic rings. The maximum Gasteiger partial charge on any atom is 0.162 e. The van der Waals surface area contributed by atoms with Gasteiger partial charge in [0.1, 0.15) is 12.7 Å². The Hall–Kier alpha value is -0.790. The molecule has 1 aliphatic carbocycles. The molecule has 0 spiro atoms. The molecule has 0 amide bonds. The van der Waals surface area contributed by atoms with E-state index in [0.29, 0.717) is 10.2 Å². The molecule has 0 aromatic carbocycles. The van der Waals surface area contributed by atoms with Crippen LogP contribution in [0.2, 0.25) is 0 Å². The van der Waals surface area contributed by atoms with Gasteiger partial charge in [-0.2, -0.15) is 5.26 Å². The van der Waals surface area contributed by atoms with E-state index >= 15 is 0 Å². The molecule has 0 heterocycles. The highest BCUT2D eigenvalue weighted by Crippen LogP contribution is 2.60. The van der Waals surface area contributed by atoms with Gasteiger partial charge in [0.2, 0.25) is 0 Å². The summed E-state index contributed by atoms with van der Waals surface area (Å²) >= 11 is 1.52. The molecule has 4 heteroatoms. The Morgan fingerprint density at radius 2 is 2.18 bits per heavy atom. The van der Waals surface area contributed by atoms with Gasteiger partial charge in [-0.15, -0.1) is 11.8 Å². The van der Waals surface area contributed by atoms with Gasteiger partial charge in [0.15, 0.2) is 5.78 Å². The smallest absolute Gasteiger partial charge is 0.162 e. The molecule has 94 valence electrons. The fourth-order valence-corrected chi connectivity index (χ4v) is 3.01. The Labute approximate surface area is 107 Å². The fourth-order valence-electron chi connectivity index (χ4n) is 2.22.